The van der Waals surface area contributed by atoms with Crippen molar-refractivity contribution in [1.29, 1.82) is 0 Å². The maximum Gasteiger partial charge on any atom is 0.255 e. The SMILES string of the molecule is COc1ccc(C(=O)N(Cc2cc(NC(=O)c3ccc4c(c3)OCO4)ccc2Cl)CC(C)(C)CN)cc1OC. The van der Waals surface area contributed by atoms with Crippen LogP contribution < -0.4 is 30.0 Å². The highest BCUT2D eigenvalue weighted by Crippen LogP contribution is 2.33. The van der Waals surface area contributed by atoms with Crippen LogP contribution in [0.2, 0.25) is 5.02 Å². The number of fused-ring (bicyclic) bond motifs is 1. The molecule has 0 bridgehead atoms. The smallest absolute Gasteiger partial charge is 0.255 e. The first-order chi connectivity index (χ1) is 18.6. The maximum absolute atomic E-state index is 13.7. The van der Waals surface area contributed by atoms with E-state index in [0.29, 0.717) is 63.5 Å². The number of carbonyl (C=O) groups excluding carboxylic acids is 2. The van der Waals surface area contributed by atoms with Gasteiger partial charge in [-0.05, 0) is 72.1 Å². The van der Waals surface area contributed by atoms with Crippen molar-refractivity contribution in [2.45, 2.75) is 20.4 Å². The van der Waals surface area contributed by atoms with E-state index in [0.717, 1.165) is 0 Å². The molecule has 3 aromatic rings. The molecular formula is C29H32ClN3O6. The van der Waals surface area contributed by atoms with Crippen LogP contribution in [0, 0.1) is 5.41 Å². The third-order valence-corrected chi connectivity index (χ3v) is 6.76. The average molecular weight is 554 g/mol. The van der Waals surface area contributed by atoms with Gasteiger partial charge in [0.25, 0.3) is 11.8 Å². The Hall–Kier alpha value is -3.95. The van der Waals surface area contributed by atoms with Gasteiger partial charge in [-0.3, -0.25) is 9.59 Å². The minimum absolute atomic E-state index is 0.125. The molecular weight excluding hydrogens is 522 g/mol. The lowest BCUT2D eigenvalue weighted by Gasteiger charge is -2.32. The number of nitrogens with zero attached hydrogens (tertiary/aromatic N) is 1. The summed E-state index contributed by atoms with van der Waals surface area (Å²) in [5.74, 6) is 1.56. The summed E-state index contributed by atoms with van der Waals surface area (Å²) in [7, 11) is 3.06. The molecule has 10 heteroatoms. The highest BCUT2D eigenvalue weighted by molar-refractivity contribution is 6.31. The fourth-order valence-electron chi connectivity index (χ4n) is 4.15. The molecule has 4 rings (SSSR count). The van der Waals surface area contributed by atoms with E-state index in [2.05, 4.69) is 5.32 Å². The van der Waals surface area contributed by atoms with Crippen LogP contribution in [0.3, 0.4) is 0 Å². The monoisotopic (exact) mass is 553 g/mol. The number of hydrogen-bond donors (Lipinski definition) is 2. The number of rotatable bonds is 10. The molecule has 0 spiro atoms. The lowest BCUT2D eigenvalue weighted by molar-refractivity contribution is 0.0673. The van der Waals surface area contributed by atoms with Crippen LogP contribution in [0.15, 0.2) is 54.6 Å². The summed E-state index contributed by atoms with van der Waals surface area (Å²) in [6, 6.07) is 15.2. The van der Waals surface area contributed by atoms with Crippen LogP contribution in [-0.4, -0.2) is 50.8 Å². The molecule has 1 aliphatic rings. The summed E-state index contributed by atoms with van der Waals surface area (Å²) in [4.78, 5) is 28.3. The summed E-state index contributed by atoms with van der Waals surface area (Å²) < 4.78 is 21.4. The second kappa shape index (κ2) is 11.8. The number of ether oxygens (including phenoxy) is 4. The Morgan fingerprint density at radius 3 is 2.41 bits per heavy atom. The summed E-state index contributed by atoms with van der Waals surface area (Å²) in [5, 5.41) is 3.36. The van der Waals surface area contributed by atoms with E-state index >= 15 is 0 Å². The van der Waals surface area contributed by atoms with E-state index in [1.807, 2.05) is 13.8 Å². The van der Waals surface area contributed by atoms with E-state index in [4.69, 9.17) is 36.3 Å². The van der Waals surface area contributed by atoms with Gasteiger partial charge in [0, 0.05) is 34.9 Å². The van der Waals surface area contributed by atoms with E-state index in [1.54, 1.807) is 59.5 Å². The number of hydrogen-bond acceptors (Lipinski definition) is 7. The minimum atomic E-state index is -0.357. The van der Waals surface area contributed by atoms with Crippen LogP contribution in [0.5, 0.6) is 23.0 Å². The topological polar surface area (TPSA) is 112 Å². The molecule has 3 aromatic carbocycles. The van der Waals surface area contributed by atoms with E-state index in [9.17, 15) is 9.59 Å². The Bertz CT molecular complexity index is 1380. The summed E-state index contributed by atoms with van der Waals surface area (Å²) in [5.41, 5.74) is 7.71. The predicted octanol–water partition coefficient (Wildman–Crippen LogP) is 4.97. The normalized spacial score (nSPS) is 12.2. The molecule has 0 aliphatic carbocycles. The number of nitrogens with one attached hydrogen (secondary N) is 1. The summed E-state index contributed by atoms with van der Waals surface area (Å²) in [6.07, 6.45) is 0. The van der Waals surface area contributed by atoms with Gasteiger partial charge in [-0.25, -0.2) is 0 Å². The van der Waals surface area contributed by atoms with Crippen molar-refractivity contribution in [2.75, 3.05) is 39.4 Å². The first-order valence-corrected chi connectivity index (χ1v) is 12.7. The Balaban J connectivity index is 1.59. The standard InChI is InChI=1S/C29H32ClN3O6/c1-29(2,15-31)16-33(28(35)19-6-9-23(36-3)25(13-19)37-4)14-20-11-21(7-8-22(20)30)32-27(34)18-5-10-24-26(12-18)39-17-38-24/h5-13H,14-17,31H2,1-4H3,(H,32,34). The molecule has 1 heterocycles. The Morgan fingerprint density at radius 2 is 1.69 bits per heavy atom. The number of methoxy groups -OCH3 is 2. The van der Waals surface area contributed by atoms with E-state index in [1.165, 1.54) is 14.2 Å². The second-order valence-electron chi connectivity index (χ2n) is 9.93. The molecule has 0 aromatic heterocycles. The van der Waals surface area contributed by atoms with Crippen LogP contribution in [0.1, 0.15) is 40.1 Å². The van der Waals surface area contributed by atoms with Crippen molar-refractivity contribution in [3.8, 4) is 23.0 Å². The van der Waals surface area contributed by atoms with Crippen LogP contribution >= 0.6 is 11.6 Å². The van der Waals surface area contributed by atoms with Gasteiger partial charge in [-0.1, -0.05) is 25.4 Å². The van der Waals surface area contributed by atoms with Crippen molar-refractivity contribution < 1.29 is 28.5 Å². The lowest BCUT2D eigenvalue weighted by Crippen LogP contribution is -2.41. The molecule has 0 atom stereocenters. The first-order valence-electron chi connectivity index (χ1n) is 12.3. The zero-order valence-electron chi connectivity index (χ0n) is 22.4. The lowest BCUT2D eigenvalue weighted by atomic mass is 9.92. The van der Waals surface area contributed by atoms with Crippen LogP contribution in [-0.2, 0) is 6.54 Å². The van der Waals surface area contributed by atoms with Gasteiger partial charge in [-0.15, -0.1) is 0 Å². The van der Waals surface area contributed by atoms with Crippen molar-refractivity contribution in [3.05, 3.63) is 76.3 Å². The van der Waals surface area contributed by atoms with E-state index < -0.39 is 0 Å². The molecule has 206 valence electrons. The number of benzene rings is 3. The van der Waals surface area contributed by atoms with Gasteiger partial charge in [0.05, 0.1) is 14.2 Å². The zero-order valence-corrected chi connectivity index (χ0v) is 23.1. The first kappa shape index (κ1) is 28.1. The predicted molar refractivity (Wildman–Crippen MR) is 149 cm³/mol. The van der Waals surface area contributed by atoms with E-state index in [-0.39, 0.29) is 30.6 Å². The number of nitrogens with two attached hydrogens (primary N) is 1. The van der Waals surface area contributed by atoms with Gasteiger partial charge in [0.1, 0.15) is 0 Å². The fraction of sp³-hybridized carbons (Fsp3) is 0.310. The third-order valence-electron chi connectivity index (χ3n) is 6.39. The van der Waals surface area contributed by atoms with Gasteiger partial charge in [0.15, 0.2) is 23.0 Å². The Morgan fingerprint density at radius 1 is 0.974 bits per heavy atom. The third kappa shape index (κ3) is 6.55. The quantitative estimate of drug-likeness (QED) is 0.364. The van der Waals surface area contributed by atoms with Crippen LogP contribution in [0.25, 0.3) is 0 Å². The van der Waals surface area contributed by atoms with Gasteiger partial charge in [0.2, 0.25) is 6.79 Å². The van der Waals surface area contributed by atoms with Crippen molar-refractivity contribution in [1.82, 2.24) is 4.90 Å². The highest BCUT2D eigenvalue weighted by Gasteiger charge is 2.26. The molecule has 0 unspecified atom stereocenters. The molecule has 0 saturated heterocycles. The van der Waals surface area contributed by atoms with Crippen molar-refractivity contribution in [2.24, 2.45) is 11.1 Å². The summed E-state index contributed by atoms with van der Waals surface area (Å²) in [6.45, 7) is 5.06. The van der Waals surface area contributed by atoms with Crippen molar-refractivity contribution in [3.63, 3.8) is 0 Å². The number of carbonyl (C=O) groups is 2. The minimum Gasteiger partial charge on any atom is -0.493 e. The Kier molecular flexibility index (Phi) is 8.52. The van der Waals surface area contributed by atoms with Crippen molar-refractivity contribution >= 4 is 29.1 Å². The second-order valence-corrected chi connectivity index (χ2v) is 10.3. The van der Waals surface area contributed by atoms with Gasteiger partial charge in [-0.2, -0.15) is 0 Å². The molecule has 0 radical (unpaired) electrons. The Labute approximate surface area is 232 Å². The number of anilines is 1. The number of halogens is 1. The molecule has 0 fully saturated rings. The molecule has 39 heavy (non-hydrogen) atoms. The van der Waals surface area contributed by atoms with Gasteiger partial charge < -0.3 is 34.9 Å². The fourth-order valence-corrected chi connectivity index (χ4v) is 4.33. The zero-order chi connectivity index (χ0) is 28.2. The maximum atomic E-state index is 13.7. The molecule has 2 amide bonds. The van der Waals surface area contributed by atoms with Crippen LogP contribution in [0.4, 0.5) is 5.69 Å². The largest absolute Gasteiger partial charge is 0.493 e. The molecule has 3 N–H and O–H groups in total. The molecule has 1 aliphatic heterocycles. The summed E-state index contributed by atoms with van der Waals surface area (Å²) >= 11 is 6.56. The molecule has 9 nitrogen and oxygen atoms in total. The number of amides is 2. The molecule has 0 saturated carbocycles. The van der Waals surface area contributed by atoms with Gasteiger partial charge >= 0.3 is 0 Å². The average Bonchev–Trinajstić information content (AvgIpc) is 3.41. The highest BCUT2D eigenvalue weighted by atomic mass is 35.5.